The predicted octanol–water partition coefficient (Wildman–Crippen LogP) is 4.04. The van der Waals surface area contributed by atoms with Crippen LogP contribution in [0.5, 0.6) is 0 Å². The predicted molar refractivity (Wildman–Crippen MR) is 128 cm³/mol. The number of benzene rings is 2. The number of fused-ring (bicyclic) bond motifs is 3. The average Bonchev–Trinajstić information content (AvgIpc) is 3.38. The highest BCUT2D eigenvalue weighted by Gasteiger charge is 2.39. The van der Waals surface area contributed by atoms with E-state index in [-0.39, 0.29) is 30.9 Å². The number of amides is 2. The molecule has 1 heterocycles. The van der Waals surface area contributed by atoms with Crippen LogP contribution in [-0.2, 0) is 14.3 Å². The molecular formula is C27H30N2O5. The number of hydrogen-bond donors (Lipinski definition) is 2. The molecule has 4 rings (SSSR count). The van der Waals surface area contributed by atoms with Crippen LogP contribution < -0.4 is 5.32 Å². The zero-order chi connectivity index (χ0) is 24.2. The standard InChI is InChI=1S/C27H30N2O5/c1-3-4-13-24(25(30)29-14-17(2)22(15-29)26(31)32)28-27(33)34-16-23-20-11-7-5-9-18(20)19-10-6-8-12-21(19)23/h3,5-12,17,22-24H,1,4,13-16H2,2H3,(H,28,33)(H,31,32)/t17-,22-,24?/m0/s1. The first-order chi connectivity index (χ1) is 16.4. The molecule has 1 aliphatic carbocycles. The quantitative estimate of drug-likeness (QED) is 0.578. The molecule has 0 saturated carbocycles. The fourth-order valence-corrected chi connectivity index (χ4v) is 5.01. The summed E-state index contributed by atoms with van der Waals surface area (Å²) < 4.78 is 5.60. The van der Waals surface area contributed by atoms with Crippen molar-refractivity contribution < 1.29 is 24.2 Å². The number of likely N-dealkylation sites (tertiary alicyclic amines) is 1. The summed E-state index contributed by atoms with van der Waals surface area (Å²) >= 11 is 0. The van der Waals surface area contributed by atoms with Gasteiger partial charge in [0.05, 0.1) is 5.92 Å². The number of hydrogen-bond acceptors (Lipinski definition) is 4. The van der Waals surface area contributed by atoms with Gasteiger partial charge in [-0.3, -0.25) is 9.59 Å². The molecule has 2 aliphatic rings. The monoisotopic (exact) mass is 462 g/mol. The minimum Gasteiger partial charge on any atom is -0.481 e. The van der Waals surface area contributed by atoms with Gasteiger partial charge in [-0.2, -0.15) is 0 Å². The highest BCUT2D eigenvalue weighted by Crippen LogP contribution is 2.44. The van der Waals surface area contributed by atoms with Crippen LogP contribution in [0.15, 0.2) is 61.2 Å². The number of carboxylic acid groups (broad SMARTS) is 1. The minimum atomic E-state index is -0.907. The van der Waals surface area contributed by atoms with Crippen LogP contribution in [0, 0.1) is 11.8 Å². The van der Waals surface area contributed by atoms with Gasteiger partial charge in [-0.15, -0.1) is 6.58 Å². The minimum absolute atomic E-state index is 0.0729. The number of rotatable bonds is 8. The molecule has 0 bridgehead atoms. The zero-order valence-corrected chi connectivity index (χ0v) is 19.3. The van der Waals surface area contributed by atoms with E-state index >= 15 is 0 Å². The second-order valence-corrected chi connectivity index (χ2v) is 9.05. The molecule has 1 aliphatic heterocycles. The Labute approximate surface area is 199 Å². The molecule has 2 aromatic carbocycles. The molecule has 7 heteroatoms. The van der Waals surface area contributed by atoms with Gasteiger partial charge in [-0.25, -0.2) is 4.79 Å². The van der Waals surface area contributed by atoms with Crippen LogP contribution in [0.1, 0.15) is 36.8 Å². The third-order valence-corrected chi connectivity index (χ3v) is 6.83. The summed E-state index contributed by atoms with van der Waals surface area (Å²) in [5, 5.41) is 12.1. The van der Waals surface area contributed by atoms with Gasteiger partial charge >= 0.3 is 12.1 Å². The van der Waals surface area contributed by atoms with Crippen molar-refractivity contribution in [1.82, 2.24) is 10.2 Å². The Morgan fingerprint density at radius 1 is 1.12 bits per heavy atom. The second-order valence-electron chi connectivity index (χ2n) is 9.05. The molecule has 178 valence electrons. The van der Waals surface area contributed by atoms with Crippen LogP contribution in [0.2, 0.25) is 0 Å². The van der Waals surface area contributed by atoms with Crippen LogP contribution in [0.4, 0.5) is 4.79 Å². The first kappa shape index (κ1) is 23.5. The van der Waals surface area contributed by atoms with Gasteiger partial charge in [0, 0.05) is 19.0 Å². The van der Waals surface area contributed by atoms with E-state index in [0.717, 1.165) is 22.3 Å². The van der Waals surface area contributed by atoms with E-state index in [1.165, 1.54) is 4.90 Å². The normalized spacial score (nSPS) is 19.7. The number of carboxylic acids is 1. The van der Waals surface area contributed by atoms with Gasteiger partial charge in [0.15, 0.2) is 0 Å². The zero-order valence-electron chi connectivity index (χ0n) is 19.3. The number of carbonyl (C=O) groups is 3. The number of nitrogens with zero attached hydrogens (tertiary/aromatic N) is 1. The molecule has 3 atom stereocenters. The number of carbonyl (C=O) groups excluding carboxylic acids is 2. The summed E-state index contributed by atoms with van der Waals surface area (Å²) in [5.74, 6) is -2.01. The Balaban J connectivity index is 1.42. The molecule has 1 unspecified atom stereocenters. The average molecular weight is 463 g/mol. The van der Waals surface area contributed by atoms with E-state index in [1.54, 1.807) is 6.08 Å². The van der Waals surface area contributed by atoms with E-state index in [0.29, 0.717) is 19.4 Å². The van der Waals surface area contributed by atoms with E-state index < -0.39 is 24.0 Å². The van der Waals surface area contributed by atoms with Crippen LogP contribution >= 0.6 is 0 Å². The maximum atomic E-state index is 13.1. The lowest BCUT2D eigenvalue weighted by Crippen LogP contribution is -2.48. The van der Waals surface area contributed by atoms with Crippen molar-refractivity contribution in [3.63, 3.8) is 0 Å². The molecule has 2 amide bonds. The van der Waals surface area contributed by atoms with E-state index in [4.69, 9.17) is 4.74 Å². The van der Waals surface area contributed by atoms with Crippen molar-refractivity contribution in [1.29, 1.82) is 0 Å². The van der Waals surface area contributed by atoms with E-state index in [9.17, 15) is 19.5 Å². The molecule has 0 spiro atoms. The lowest BCUT2D eigenvalue weighted by atomic mass is 9.98. The molecule has 7 nitrogen and oxygen atoms in total. The summed E-state index contributed by atoms with van der Waals surface area (Å²) in [6, 6.07) is 15.4. The highest BCUT2D eigenvalue weighted by molar-refractivity contribution is 5.87. The summed E-state index contributed by atoms with van der Waals surface area (Å²) in [6.07, 6.45) is 1.93. The topological polar surface area (TPSA) is 95.9 Å². The highest BCUT2D eigenvalue weighted by atomic mass is 16.5. The maximum Gasteiger partial charge on any atom is 0.407 e. The number of nitrogens with one attached hydrogen (secondary N) is 1. The molecule has 34 heavy (non-hydrogen) atoms. The maximum absolute atomic E-state index is 13.1. The molecule has 0 aromatic heterocycles. The van der Waals surface area contributed by atoms with E-state index in [2.05, 4.69) is 24.0 Å². The Bertz CT molecular complexity index is 1050. The van der Waals surface area contributed by atoms with Gasteiger partial charge in [0.2, 0.25) is 5.91 Å². The summed E-state index contributed by atoms with van der Waals surface area (Å²) in [4.78, 5) is 38.8. The number of ether oxygens (including phenoxy) is 1. The van der Waals surface area contributed by atoms with Crippen molar-refractivity contribution in [3.05, 3.63) is 72.3 Å². The number of aliphatic carboxylic acids is 1. The molecule has 1 fully saturated rings. The fraction of sp³-hybridized carbons (Fsp3) is 0.370. The van der Waals surface area contributed by atoms with Crippen LogP contribution in [0.3, 0.4) is 0 Å². The van der Waals surface area contributed by atoms with Crippen molar-refractivity contribution in [2.24, 2.45) is 11.8 Å². The summed E-state index contributed by atoms with van der Waals surface area (Å²) in [6.45, 7) is 6.18. The Morgan fingerprint density at radius 3 is 2.29 bits per heavy atom. The van der Waals surface area contributed by atoms with E-state index in [1.807, 2.05) is 43.3 Å². The lowest BCUT2D eigenvalue weighted by Gasteiger charge is -2.24. The second kappa shape index (κ2) is 10.1. The van der Waals surface area contributed by atoms with Crippen molar-refractivity contribution in [2.45, 2.75) is 31.7 Å². The SMILES string of the molecule is C=CCCC(NC(=O)OCC1c2ccccc2-c2ccccc21)C(=O)N1C[C@H](C(=O)O)[C@@H](C)C1. The molecule has 2 N–H and O–H groups in total. The smallest absolute Gasteiger partial charge is 0.407 e. The Kier molecular flexibility index (Phi) is 7.01. The Morgan fingerprint density at radius 2 is 1.74 bits per heavy atom. The summed E-state index contributed by atoms with van der Waals surface area (Å²) in [7, 11) is 0. The number of allylic oxidation sites excluding steroid dienone is 1. The molecule has 1 saturated heterocycles. The lowest BCUT2D eigenvalue weighted by molar-refractivity contribution is -0.142. The van der Waals surface area contributed by atoms with Crippen LogP contribution in [-0.4, -0.2) is 53.7 Å². The van der Waals surface area contributed by atoms with Crippen LogP contribution in [0.25, 0.3) is 11.1 Å². The summed E-state index contributed by atoms with van der Waals surface area (Å²) in [5.41, 5.74) is 4.51. The number of alkyl carbamates (subject to hydrolysis) is 1. The molecule has 0 radical (unpaired) electrons. The fourth-order valence-electron chi connectivity index (χ4n) is 5.01. The van der Waals surface area contributed by atoms with Gasteiger partial charge in [-0.05, 0) is 41.0 Å². The third-order valence-electron chi connectivity index (χ3n) is 6.83. The van der Waals surface area contributed by atoms with Gasteiger partial charge in [-0.1, -0.05) is 61.5 Å². The first-order valence-corrected chi connectivity index (χ1v) is 11.6. The van der Waals surface area contributed by atoms with Gasteiger partial charge in [0.25, 0.3) is 0 Å². The first-order valence-electron chi connectivity index (χ1n) is 11.6. The molecular weight excluding hydrogens is 432 g/mol. The molecule has 2 aromatic rings. The van der Waals surface area contributed by atoms with Crippen molar-refractivity contribution in [3.8, 4) is 11.1 Å². The van der Waals surface area contributed by atoms with Gasteiger partial charge in [0.1, 0.15) is 12.6 Å². The van der Waals surface area contributed by atoms with Crippen molar-refractivity contribution in [2.75, 3.05) is 19.7 Å². The third kappa shape index (κ3) is 4.69. The van der Waals surface area contributed by atoms with Gasteiger partial charge < -0.3 is 20.1 Å². The largest absolute Gasteiger partial charge is 0.481 e. The Hall–Kier alpha value is -3.61. The van der Waals surface area contributed by atoms with Crippen molar-refractivity contribution >= 4 is 18.0 Å².